The van der Waals surface area contributed by atoms with Gasteiger partial charge in [-0.1, -0.05) is 12.1 Å². The molecule has 0 saturated heterocycles. The third kappa shape index (κ3) is 5.56. The zero-order valence-corrected chi connectivity index (χ0v) is 16.7. The van der Waals surface area contributed by atoms with E-state index in [1.807, 2.05) is 25.1 Å². The first kappa shape index (κ1) is 20.9. The van der Waals surface area contributed by atoms with E-state index in [-0.39, 0.29) is 23.0 Å². The average Bonchev–Trinajstić information content (AvgIpc) is 3.16. The van der Waals surface area contributed by atoms with Crippen LogP contribution in [0.15, 0.2) is 52.0 Å². The second-order valence-electron chi connectivity index (χ2n) is 6.35. The van der Waals surface area contributed by atoms with E-state index in [0.29, 0.717) is 12.1 Å². The molecule has 0 aliphatic rings. The number of urea groups is 1. The van der Waals surface area contributed by atoms with Gasteiger partial charge < -0.3 is 15.1 Å². The molecule has 0 fully saturated rings. The number of rotatable bonds is 8. The highest BCUT2D eigenvalue weighted by molar-refractivity contribution is 7.89. The summed E-state index contributed by atoms with van der Waals surface area (Å²) in [7, 11) is 1.64. The maximum absolute atomic E-state index is 12.3. The van der Waals surface area contributed by atoms with E-state index >= 15 is 0 Å². The SMILES string of the molecule is CNS(=O)(=O)c1cccc(C(C)NC(=O)NCC(c2ccco2)N(C)C)c1. The summed E-state index contributed by atoms with van der Waals surface area (Å²) < 4.78 is 31.6. The standard InChI is InChI=1S/C18H26N4O4S/c1-13(14-7-5-8-15(11-14)27(24,25)19-2)21-18(23)20-12-16(22(3)4)17-9-6-10-26-17/h5-11,13,16,19H,12H2,1-4H3,(H2,20,21,23). The number of nitrogens with zero attached hydrogens (tertiary/aromatic N) is 1. The Kier molecular flexibility index (Phi) is 7.00. The molecule has 1 heterocycles. The van der Waals surface area contributed by atoms with Crippen LogP contribution in [-0.2, 0) is 10.0 Å². The molecule has 9 heteroatoms. The van der Waals surface area contributed by atoms with Crippen LogP contribution in [0.4, 0.5) is 4.79 Å². The average molecular weight is 394 g/mol. The van der Waals surface area contributed by atoms with Crippen molar-refractivity contribution in [1.82, 2.24) is 20.3 Å². The van der Waals surface area contributed by atoms with Gasteiger partial charge >= 0.3 is 6.03 Å². The third-order valence-corrected chi connectivity index (χ3v) is 5.65. The second-order valence-corrected chi connectivity index (χ2v) is 8.24. The zero-order valence-electron chi connectivity index (χ0n) is 15.9. The Morgan fingerprint density at radius 3 is 2.56 bits per heavy atom. The second kappa shape index (κ2) is 9.03. The lowest BCUT2D eigenvalue weighted by Gasteiger charge is -2.23. The van der Waals surface area contributed by atoms with E-state index in [9.17, 15) is 13.2 Å². The van der Waals surface area contributed by atoms with Crippen LogP contribution in [0, 0.1) is 0 Å². The van der Waals surface area contributed by atoms with Gasteiger partial charge in [-0.05, 0) is 57.9 Å². The van der Waals surface area contributed by atoms with E-state index in [2.05, 4.69) is 15.4 Å². The van der Waals surface area contributed by atoms with Gasteiger partial charge in [0, 0.05) is 6.54 Å². The predicted molar refractivity (Wildman–Crippen MR) is 103 cm³/mol. The molecule has 0 aliphatic heterocycles. The van der Waals surface area contributed by atoms with Crippen LogP contribution in [0.25, 0.3) is 0 Å². The molecule has 8 nitrogen and oxygen atoms in total. The fraction of sp³-hybridized carbons (Fsp3) is 0.389. The molecule has 2 unspecified atom stereocenters. The molecule has 0 aliphatic carbocycles. The topological polar surface area (TPSA) is 104 Å². The lowest BCUT2D eigenvalue weighted by molar-refractivity contribution is 0.223. The molecule has 3 N–H and O–H groups in total. The molecule has 2 amide bonds. The summed E-state index contributed by atoms with van der Waals surface area (Å²) in [6, 6.07) is 9.34. The molecular weight excluding hydrogens is 368 g/mol. The van der Waals surface area contributed by atoms with Crippen molar-refractivity contribution in [3.63, 3.8) is 0 Å². The van der Waals surface area contributed by atoms with E-state index in [4.69, 9.17) is 4.42 Å². The van der Waals surface area contributed by atoms with Crippen LogP contribution in [-0.4, -0.2) is 47.0 Å². The number of likely N-dealkylation sites (N-methyl/N-ethyl adjacent to an activating group) is 1. The number of hydrogen-bond acceptors (Lipinski definition) is 5. The van der Waals surface area contributed by atoms with Gasteiger partial charge in [0.15, 0.2) is 0 Å². The molecule has 0 saturated carbocycles. The van der Waals surface area contributed by atoms with Gasteiger partial charge in [0.05, 0.1) is 23.2 Å². The fourth-order valence-corrected chi connectivity index (χ4v) is 3.39. The first-order chi connectivity index (χ1) is 12.7. The number of amides is 2. The smallest absolute Gasteiger partial charge is 0.315 e. The lowest BCUT2D eigenvalue weighted by atomic mass is 10.1. The fourth-order valence-electron chi connectivity index (χ4n) is 2.61. The Hall–Kier alpha value is -2.36. The quantitative estimate of drug-likeness (QED) is 0.634. The van der Waals surface area contributed by atoms with Crippen LogP contribution < -0.4 is 15.4 Å². The Bertz CT molecular complexity index is 850. The summed E-state index contributed by atoms with van der Waals surface area (Å²) in [4.78, 5) is 14.4. The predicted octanol–water partition coefficient (Wildman–Crippen LogP) is 1.85. The van der Waals surface area contributed by atoms with Crippen molar-refractivity contribution in [2.24, 2.45) is 0 Å². The molecule has 0 radical (unpaired) electrons. The summed E-state index contributed by atoms with van der Waals surface area (Å²) in [6.07, 6.45) is 1.60. The number of carbonyl (C=O) groups excluding carboxylic acids is 1. The molecule has 1 aromatic heterocycles. The Morgan fingerprint density at radius 1 is 1.22 bits per heavy atom. The van der Waals surface area contributed by atoms with Crippen molar-refractivity contribution in [2.75, 3.05) is 27.7 Å². The highest BCUT2D eigenvalue weighted by Gasteiger charge is 2.19. The zero-order chi connectivity index (χ0) is 20.0. The van der Waals surface area contributed by atoms with Gasteiger partial charge in [-0.2, -0.15) is 0 Å². The number of carbonyl (C=O) groups is 1. The molecule has 148 valence electrons. The molecule has 0 bridgehead atoms. The number of furan rings is 1. The maximum Gasteiger partial charge on any atom is 0.315 e. The van der Waals surface area contributed by atoms with E-state index in [0.717, 1.165) is 5.76 Å². The highest BCUT2D eigenvalue weighted by Crippen LogP contribution is 2.19. The van der Waals surface area contributed by atoms with Gasteiger partial charge in [-0.25, -0.2) is 17.9 Å². The number of benzene rings is 1. The maximum atomic E-state index is 12.3. The summed E-state index contributed by atoms with van der Waals surface area (Å²) in [5.41, 5.74) is 0.691. The summed E-state index contributed by atoms with van der Waals surface area (Å²) in [5.74, 6) is 0.762. The van der Waals surface area contributed by atoms with Crippen LogP contribution in [0.1, 0.15) is 30.3 Å². The van der Waals surface area contributed by atoms with Gasteiger partial charge in [-0.15, -0.1) is 0 Å². The third-order valence-electron chi connectivity index (χ3n) is 4.24. The van der Waals surface area contributed by atoms with Gasteiger partial charge in [0.25, 0.3) is 0 Å². The van der Waals surface area contributed by atoms with Gasteiger partial charge in [-0.3, -0.25) is 4.90 Å². The highest BCUT2D eigenvalue weighted by atomic mass is 32.2. The Balaban J connectivity index is 1.98. The van der Waals surface area contributed by atoms with E-state index in [1.54, 1.807) is 37.5 Å². The van der Waals surface area contributed by atoms with Crippen molar-refractivity contribution in [3.05, 3.63) is 54.0 Å². The molecule has 2 aromatic rings. The Morgan fingerprint density at radius 2 is 1.96 bits per heavy atom. The largest absolute Gasteiger partial charge is 0.468 e. The Labute approximate surface area is 160 Å². The van der Waals surface area contributed by atoms with Crippen molar-refractivity contribution >= 4 is 16.1 Å². The molecule has 0 spiro atoms. The van der Waals surface area contributed by atoms with Crippen LogP contribution >= 0.6 is 0 Å². The molecule has 27 heavy (non-hydrogen) atoms. The molecule has 2 rings (SSSR count). The van der Waals surface area contributed by atoms with Crippen molar-refractivity contribution < 1.29 is 17.6 Å². The summed E-state index contributed by atoms with van der Waals surface area (Å²) in [5, 5.41) is 5.64. The van der Waals surface area contributed by atoms with Crippen LogP contribution in [0.3, 0.4) is 0 Å². The number of hydrogen-bond donors (Lipinski definition) is 3. The normalized spacial score (nSPS) is 14.0. The van der Waals surface area contributed by atoms with E-state index in [1.165, 1.54) is 13.1 Å². The minimum atomic E-state index is -3.53. The molecular formula is C18H26N4O4S. The molecule has 2 atom stereocenters. The lowest BCUT2D eigenvalue weighted by Crippen LogP contribution is -2.41. The first-order valence-corrected chi connectivity index (χ1v) is 10.0. The summed E-state index contributed by atoms with van der Waals surface area (Å²) >= 11 is 0. The number of nitrogens with one attached hydrogen (secondary N) is 3. The van der Waals surface area contributed by atoms with Gasteiger partial charge in [0.1, 0.15) is 5.76 Å². The van der Waals surface area contributed by atoms with Crippen molar-refractivity contribution in [2.45, 2.75) is 23.9 Å². The van der Waals surface area contributed by atoms with Crippen molar-refractivity contribution in [1.29, 1.82) is 0 Å². The number of sulfonamides is 1. The minimum Gasteiger partial charge on any atom is -0.468 e. The first-order valence-electron chi connectivity index (χ1n) is 8.52. The molecule has 1 aromatic carbocycles. The van der Waals surface area contributed by atoms with E-state index < -0.39 is 10.0 Å². The van der Waals surface area contributed by atoms with Crippen molar-refractivity contribution in [3.8, 4) is 0 Å². The van der Waals surface area contributed by atoms with Gasteiger partial charge in [0.2, 0.25) is 10.0 Å². The van der Waals surface area contributed by atoms with Crippen LogP contribution in [0.5, 0.6) is 0 Å². The minimum absolute atomic E-state index is 0.0924. The monoisotopic (exact) mass is 394 g/mol. The van der Waals surface area contributed by atoms with Crippen LogP contribution in [0.2, 0.25) is 0 Å². The summed E-state index contributed by atoms with van der Waals surface area (Å²) in [6.45, 7) is 2.16.